The molecule has 1 fully saturated rings. The first-order valence-corrected chi connectivity index (χ1v) is 8.47. The molecule has 1 aliphatic heterocycles. The molecule has 2 heterocycles. The van der Waals surface area contributed by atoms with Crippen LogP contribution < -0.4 is 5.32 Å². The Balaban J connectivity index is 1.74. The van der Waals surface area contributed by atoms with Gasteiger partial charge in [-0.3, -0.25) is 0 Å². The molecular weight excluding hydrogens is 272 g/mol. The van der Waals surface area contributed by atoms with Crippen molar-refractivity contribution in [2.45, 2.75) is 20.3 Å². The molecule has 0 atom stereocenters. The first-order valence-electron chi connectivity index (χ1n) is 6.09. The predicted octanol–water partition coefficient (Wildman–Crippen LogP) is 0.794. The molecule has 0 aliphatic carbocycles. The van der Waals surface area contributed by atoms with Crippen LogP contribution in [-0.4, -0.2) is 47.5 Å². The summed E-state index contributed by atoms with van der Waals surface area (Å²) in [6, 6.07) is 0. The van der Waals surface area contributed by atoms with Crippen LogP contribution in [0.3, 0.4) is 0 Å². The van der Waals surface area contributed by atoms with Crippen molar-refractivity contribution >= 4 is 26.7 Å². The van der Waals surface area contributed by atoms with Crippen molar-refractivity contribution in [1.82, 2.24) is 13.7 Å². The molecule has 18 heavy (non-hydrogen) atoms. The van der Waals surface area contributed by atoms with Crippen LogP contribution in [0, 0.1) is 5.92 Å². The number of hydrogen-bond donors (Lipinski definition) is 1. The maximum Gasteiger partial charge on any atom is 0.213 e. The van der Waals surface area contributed by atoms with Crippen LogP contribution in [0.1, 0.15) is 19.7 Å². The van der Waals surface area contributed by atoms with E-state index in [-0.39, 0.29) is 5.75 Å². The molecule has 1 saturated heterocycles. The molecule has 0 aromatic carbocycles. The van der Waals surface area contributed by atoms with E-state index in [4.69, 9.17) is 0 Å². The summed E-state index contributed by atoms with van der Waals surface area (Å²) in [5.74, 6) is 1.41. The molecule has 1 aromatic rings. The third-order valence-electron chi connectivity index (χ3n) is 3.01. The summed E-state index contributed by atoms with van der Waals surface area (Å²) in [4.78, 5) is 4.31. The fourth-order valence-electron chi connectivity index (χ4n) is 1.76. The summed E-state index contributed by atoms with van der Waals surface area (Å²) in [6.45, 7) is 5.68. The van der Waals surface area contributed by atoms with Gasteiger partial charge in [-0.25, -0.2) is 17.7 Å². The number of hydrogen-bond acceptors (Lipinski definition) is 6. The topological polar surface area (TPSA) is 75.2 Å². The largest absolute Gasteiger partial charge is 0.360 e. The number of nitrogens with one attached hydrogen (secondary N) is 1. The van der Waals surface area contributed by atoms with Crippen molar-refractivity contribution < 1.29 is 8.42 Å². The highest BCUT2D eigenvalue weighted by molar-refractivity contribution is 7.89. The van der Waals surface area contributed by atoms with Crippen LogP contribution in [0.4, 0.5) is 5.13 Å². The molecule has 1 aliphatic rings. The molecular formula is C10H18N4O2S2. The number of nitrogens with zero attached hydrogens (tertiary/aromatic N) is 3. The Hall–Kier alpha value is -0.730. The lowest BCUT2D eigenvalue weighted by atomic mass is 10.0. The highest BCUT2D eigenvalue weighted by atomic mass is 32.2. The third-order valence-corrected chi connectivity index (χ3v) is 5.53. The van der Waals surface area contributed by atoms with Crippen molar-refractivity contribution in [2.75, 3.05) is 30.7 Å². The van der Waals surface area contributed by atoms with E-state index in [9.17, 15) is 8.42 Å². The molecule has 2 rings (SSSR count). The van der Waals surface area contributed by atoms with E-state index in [1.807, 2.05) is 6.92 Å². The molecule has 1 aromatic heterocycles. The normalized spacial score (nSPS) is 17.7. The quantitative estimate of drug-likeness (QED) is 0.838. The summed E-state index contributed by atoms with van der Waals surface area (Å²) in [5.41, 5.74) is 0. The van der Waals surface area contributed by atoms with Gasteiger partial charge in [-0.05, 0) is 6.92 Å². The van der Waals surface area contributed by atoms with Crippen molar-refractivity contribution in [1.29, 1.82) is 0 Å². The molecule has 8 heteroatoms. The SMILES string of the molecule is CCc1nsc(NCC2CN(S(=O)(=O)CC)C2)n1. The van der Waals surface area contributed by atoms with E-state index in [1.54, 1.807) is 6.92 Å². The van der Waals surface area contributed by atoms with Crippen LogP contribution >= 0.6 is 11.5 Å². The molecule has 0 bridgehead atoms. The van der Waals surface area contributed by atoms with Gasteiger partial charge in [0.05, 0.1) is 5.75 Å². The average Bonchev–Trinajstić information content (AvgIpc) is 2.74. The lowest BCUT2D eigenvalue weighted by Crippen LogP contribution is -2.52. The van der Waals surface area contributed by atoms with Gasteiger partial charge in [-0.1, -0.05) is 6.92 Å². The Morgan fingerprint density at radius 3 is 2.72 bits per heavy atom. The van der Waals surface area contributed by atoms with Crippen LogP contribution in [0.15, 0.2) is 0 Å². The van der Waals surface area contributed by atoms with Gasteiger partial charge >= 0.3 is 0 Å². The minimum absolute atomic E-state index is 0.184. The number of aromatic nitrogens is 2. The molecule has 6 nitrogen and oxygen atoms in total. The monoisotopic (exact) mass is 290 g/mol. The summed E-state index contributed by atoms with van der Waals surface area (Å²) in [5, 5.41) is 4.04. The highest BCUT2D eigenvalue weighted by Gasteiger charge is 2.34. The van der Waals surface area contributed by atoms with Gasteiger partial charge in [0.2, 0.25) is 15.2 Å². The van der Waals surface area contributed by atoms with Gasteiger partial charge in [0.15, 0.2) is 0 Å². The van der Waals surface area contributed by atoms with Crippen LogP contribution in [0.25, 0.3) is 0 Å². The summed E-state index contributed by atoms with van der Waals surface area (Å²) in [7, 11) is -3.00. The van der Waals surface area contributed by atoms with Gasteiger partial charge in [-0.15, -0.1) is 0 Å². The number of sulfonamides is 1. The van der Waals surface area contributed by atoms with E-state index in [0.29, 0.717) is 19.0 Å². The highest BCUT2D eigenvalue weighted by Crippen LogP contribution is 2.21. The van der Waals surface area contributed by atoms with E-state index in [1.165, 1.54) is 15.8 Å². The molecule has 0 spiro atoms. The smallest absolute Gasteiger partial charge is 0.213 e. The second-order valence-corrected chi connectivity index (χ2v) is 7.34. The lowest BCUT2D eigenvalue weighted by molar-refractivity contribution is 0.212. The van der Waals surface area contributed by atoms with Crippen LogP contribution in [0.2, 0.25) is 0 Å². The minimum atomic E-state index is -3.00. The first-order chi connectivity index (χ1) is 8.55. The molecule has 0 amide bonds. The molecule has 102 valence electrons. The fraction of sp³-hybridized carbons (Fsp3) is 0.800. The number of aryl methyl sites for hydroxylation is 1. The van der Waals surface area contributed by atoms with Crippen molar-refractivity contribution in [3.63, 3.8) is 0 Å². The number of rotatable bonds is 6. The van der Waals surface area contributed by atoms with E-state index < -0.39 is 10.0 Å². The molecule has 1 N–H and O–H groups in total. The van der Waals surface area contributed by atoms with Crippen molar-refractivity contribution in [3.8, 4) is 0 Å². The van der Waals surface area contributed by atoms with Gasteiger partial charge in [0.25, 0.3) is 0 Å². The van der Waals surface area contributed by atoms with Crippen LogP contribution in [0.5, 0.6) is 0 Å². The third kappa shape index (κ3) is 2.99. The Kier molecular flexibility index (Phi) is 4.18. The average molecular weight is 290 g/mol. The summed E-state index contributed by atoms with van der Waals surface area (Å²) >= 11 is 1.36. The van der Waals surface area contributed by atoms with Crippen molar-refractivity contribution in [3.05, 3.63) is 5.82 Å². The molecule has 0 saturated carbocycles. The Morgan fingerprint density at radius 2 is 2.17 bits per heavy atom. The predicted molar refractivity (Wildman–Crippen MR) is 72.3 cm³/mol. The van der Waals surface area contributed by atoms with Gasteiger partial charge in [-0.2, -0.15) is 4.37 Å². The lowest BCUT2D eigenvalue weighted by Gasteiger charge is -2.37. The molecule has 0 unspecified atom stereocenters. The van der Waals surface area contributed by atoms with Gasteiger partial charge in [0.1, 0.15) is 5.82 Å². The molecule has 0 radical (unpaired) electrons. The van der Waals surface area contributed by atoms with E-state index >= 15 is 0 Å². The maximum absolute atomic E-state index is 11.5. The summed E-state index contributed by atoms with van der Waals surface area (Å²) in [6.07, 6.45) is 0.837. The van der Waals surface area contributed by atoms with E-state index in [0.717, 1.165) is 23.9 Å². The first kappa shape index (κ1) is 13.7. The van der Waals surface area contributed by atoms with Crippen molar-refractivity contribution in [2.24, 2.45) is 5.92 Å². The zero-order valence-corrected chi connectivity index (χ0v) is 12.2. The standard InChI is InChI=1S/C10H18N4O2S2/c1-3-9-12-10(17-13-9)11-5-8-6-14(7-8)18(15,16)4-2/h8H,3-7H2,1-2H3,(H,11,12,13). The second-order valence-electron chi connectivity index (χ2n) is 4.33. The Bertz CT molecular complexity index is 494. The van der Waals surface area contributed by atoms with Gasteiger partial charge in [0, 0.05) is 43.5 Å². The summed E-state index contributed by atoms with van der Waals surface area (Å²) < 4.78 is 28.8. The number of anilines is 1. The Labute approximate surface area is 112 Å². The van der Waals surface area contributed by atoms with E-state index in [2.05, 4.69) is 14.7 Å². The zero-order chi connectivity index (χ0) is 13.2. The maximum atomic E-state index is 11.5. The zero-order valence-electron chi connectivity index (χ0n) is 10.6. The van der Waals surface area contributed by atoms with Crippen LogP contribution in [-0.2, 0) is 16.4 Å². The van der Waals surface area contributed by atoms with Gasteiger partial charge < -0.3 is 5.32 Å². The fourth-order valence-corrected chi connectivity index (χ4v) is 3.66. The Morgan fingerprint density at radius 1 is 1.44 bits per heavy atom. The second kappa shape index (κ2) is 5.50. The minimum Gasteiger partial charge on any atom is -0.360 e.